The number of carbonyl (C=O) groups is 3. The van der Waals surface area contributed by atoms with Crippen LogP contribution in [0.25, 0.3) is 22.0 Å². The van der Waals surface area contributed by atoms with Gasteiger partial charge in [0.25, 0.3) is 11.8 Å². The standard InChI is InChI=1S/C28H23N3O4/c1-29-27(33)26(32)18-6-8-19(9-7-18)28(34)31-12-13-35-25-11-10-20(14-23(25)17-31)22-15-21-4-2-3-5-24(21)30-16-22/h2-11,14-16H,12-13,17H2,1H3,(H,29,33). The van der Waals surface area contributed by atoms with Gasteiger partial charge < -0.3 is 15.0 Å². The molecule has 0 aliphatic carbocycles. The Hall–Kier alpha value is -4.52. The lowest BCUT2D eigenvalue weighted by molar-refractivity contribution is -0.116. The topological polar surface area (TPSA) is 88.6 Å². The van der Waals surface area contributed by atoms with Crippen molar-refractivity contribution in [2.24, 2.45) is 0 Å². The van der Waals surface area contributed by atoms with Crippen LogP contribution in [0.2, 0.25) is 0 Å². The number of carbonyl (C=O) groups excluding carboxylic acids is 3. The molecule has 0 saturated carbocycles. The molecule has 1 aromatic heterocycles. The van der Waals surface area contributed by atoms with Crippen molar-refractivity contribution in [2.75, 3.05) is 20.2 Å². The fraction of sp³-hybridized carbons (Fsp3) is 0.143. The molecule has 0 fully saturated rings. The highest BCUT2D eigenvalue weighted by Gasteiger charge is 2.22. The van der Waals surface area contributed by atoms with E-state index in [-0.39, 0.29) is 11.5 Å². The average Bonchev–Trinajstić information content (AvgIpc) is 3.13. The van der Waals surface area contributed by atoms with Crippen molar-refractivity contribution in [1.82, 2.24) is 15.2 Å². The summed E-state index contributed by atoms with van der Waals surface area (Å²) < 4.78 is 5.92. The molecule has 4 aromatic rings. The van der Waals surface area contributed by atoms with E-state index in [1.807, 2.05) is 48.7 Å². The fourth-order valence-corrected chi connectivity index (χ4v) is 4.17. The number of ether oxygens (including phenoxy) is 1. The number of aromatic nitrogens is 1. The van der Waals surface area contributed by atoms with E-state index in [0.717, 1.165) is 33.3 Å². The number of likely N-dealkylation sites (N-methyl/N-ethyl adjacent to an activating group) is 1. The van der Waals surface area contributed by atoms with Crippen LogP contribution in [0, 0.1) is 0 Å². The summed E-state index contributed by atoms with van der Waals surface area (Å²) in [5.74, 6) is -0.746. The van der Waals surface area contributed by atoms with Crippen LogP contribution in [0.1, 0.15) is 26.3 Å². The van der Waals surface area contributed by atoms with E-state index in [1.165, 1.54) is 19.2 Å². The number of amides is 2. The second-order valence-electron chi connectivity index (χ2n) is 8.30. The van der Waals surface area contributed by atoms with Crippen LogP contribution < -0.4 is 10.1 Å². The molecular formula is C28H23N3O4. The normalized spacial score (nSPS) is 12.9. The van der Waals surface area contributed by atoms with Gasteiger partial charge in [-0.1, -0.05) is 36.4 Å². The summed E-state index contributed by atoms with van der Waals surface area (Å²) in [5, 5.41) is 3.37. The van der Waals surface area contributed by atoms with Gasteiger partial charge in [-0.2, -0.15) is 0 Å². The average molecular weight is 466 g/mol. The van der Waals surface area contributed by atoms with Gasteiger partial charge in [-0.25, -0.2) is 0 Å². The van der Waals surface area contributed by atoms with Crippen LogP contribution in [0.3, 0.4) is 0 Å². The Morgan fingerprint density at radius 2 is 1.69 bits per heavy atom. The number of hydrogen-bond acceptors (Lipinski definition) is 5. The van der Waals surface area contributed by atoms with Crippen LogP contribution in [-0.4, -0.2) is 47.7 Å². The van der Waals surface area contributed by atoms with Crippen molar-refractivity contribution in [1.29, 1.82) is 0 Å². The fourth-order valence-electron chi connectivity index (χ4n) is 4.17. The first-order valence-electron chi connectivity index (χ1n) is 11.3. The monoisotopic (exact) mass is 465 g/mol. The molecule has 2 heterocycles. The highest BCUT2D eigenvalue weighted by atomic mass is 16.5. The SMILES string of the molecule is CNC(=O)C(=O)c1ccc(C(=O)N2CCOc3ccc(-c4cnc5ccccc5c4)cc3C2)cc1. The molecule has 0 spiro atoms. The number of nitrogens with one attached hydrogen (secondary N) is 1. The summed E-state index contributed by atoms with van der Waals surface area (Å²) >= 11 is 0. The smallest absolute Gasteiger partial charge is 0.292 e. The first-order chi connectivity index (χ1) is 17.0. The first-order valence-corrected chi connectivity index (χ1v) is 11.3. The third kappa shape index (κ3) is 4.48. The van der Waals surface area contributed by atoms with E-state index in [9.17, 15) is 14.4 Å². The van der Waals surface area contributed by atoms with Crippen molar-refractivity contribution in [2.45, 2.75) is 6.54 Å². The molecular weight excluding hydrogens is 442 g/mol. The zero-order chi connectivity index (χ0) is 24.4. The minimum atomic E-state index is -0.692. The molecule has 0 bridgehead atoms. The Morgan fingerprint density at radius 3 is 2.49 bits per heavy atom. The summed E-state index contributed by atoms with van der Waals surface area (Å²) in [6, 6.07) is 22.2. The van der Waals surface area contributed by atoms with Gasteiger partial charge in [-0.3, -0.25) is 19.4 Å². The van der Waals surface area contributed by atoms with Crippen molar-refractivity contribution >= 4 is 28.5 Å². The maximum Gasteiger partial charge on any atom is 0.292 e. The molecule has 1 aliphatic rings. The second kappa shape index (κ2) is 9.38. The molecule has 35 heavy (non-hydrogen) atoms. The van der Waals surface area contributed by atoms with Crippen molar-refractivity contribution in [3.8, 4) is 16.9 Å². The third-order valence-corrected chi connectivity index (χ3v) is 6.08. The van der Waals surface area contributed by atoms with E-state index >= 15 is 0 Å². The van der Waals surface area contributed by atoms with Crippen LogP contribution >= 0.6 is 0 Å². The number of benzene rings is 3. The van der Waals surface area contributed by atoms with Crippen molar-refractivity contribution in [3.05, 3.63) is 95.7 Å². The summed E-state index contributed by atoms with van der Waals surface area (Å²) in [7, 11) is 1.40. The number of pyridine rings is 1. The van der Waals surface area contributed by atoms with Gasteiger partial charge in [0.15, 0.2) is 0 Å². The zero-order valence-electron chi connectivity index (χ0n) is 19.2. The van der Waals surface area contributed by atoms with Gasteiger partial charge in [0.2, 0.25) is 5.78 Å². The molecule has 1 aliphatic heterocycles. The Kier molecular flexibility index (Phi) is 5.97. The van der Waals surface area contributed by atoms with Crippen LogP contribution in [0.4, 0.5) is 0 Å². The molecule has 0 unspecified atom stereocenters. The van der Waals surface area contributed by atoms with Crippen LogP contribution in [0.5, 0.6) is 5.75 Å². The minimum Gasteiger partial charge on any atom is -0.491 e. The molecule has 174 valence electrons. The quantitative estimate of drug-likeness (QED) is 0.365. The molecule has 0 radical (unpaired) electrons. The van der Waals surface area contributed by atoms with E-state index in [4.69, 9.17) is 4.74 Å². The van der Waals surface area contributed by atoms with E-state index < -0.39 is 11.7 Å². The molecule has 2 amide bonds. The van der Waals surface area contributed by atoms with E-state index in [1.54, 1.807) is 17.0 Å². The number of rotatable bonds is 4. The first kappa shape index (κ1) is 22.3. The highest BCUT2D eigenvalue weighted by Crippen LogP contribution is 2.30. The van der Waals surface area contributed by atoms with Gasteiger partial charge in [0.05, 0.1) is 12.1 Å². The molecule has 3 aromatic carbocycles. The largest absolute Gasteiger partial charge is 0.491 e. The molecule has 7 heteroatoms. The highest BCUT2D eigenvalue weighted by molar-refractivity contribution is 6.42. The molecule has 1 N–H and O–H groups in total. The predicted octanol–water partition coefficient (Wildman–Crippen LogP) is 3.87. The molecule has 0 atom stereocenters. The van der Waals surface area contributed by atoms with E-state index in [2.05, 4.69) is 16.4 Å². The summed E-state index contributed by atoms with van der Waals surface area (Å²) in [6.07, 6.45) is 1.85. The number of Topliss-reactive ketones (excluding diaryl/α,β-unsaturated/α-hetero) is 1. The Bertz CT molecular complexity index is 1450. The summed E-state index contributed by atoms with van der Waals surface area (Å²) in [5.41, 5.74) is 4.51. The number of nitrogens with zero attached hydrogens (tertiary/aromatic N) is 2. The second-order valence-corrected chi connectivity index (χ2v) is 8.30. The lowest BCUT2D eigenvalue weighted by Gasteiger charge is -2.20. The molecule has 0 saturated heterocycles. The maximum atomic E-state index is 13.2. The minimum absolute atomic E-state index is 0.168. The van der Waals surface area contributed by atoms with Gasteiger partial charge in [-0.05, 0) is 42.0 Å². The van der Waals surface area contributed by atoms with Crippen molar-refractivity contribution in [3.63, 3.8) is 0 Å². The van der Waals surface area contributed by atoms with Crippen LogP contribution in [-0.2, 0) is 11.3 Å². The Labute approximate surface area is 202 Å². The van der Waals surface area contributed by atoms with Gasteiger partial charge in [-0.15, -0.1) is 0 Å². The molecule has 5 rings (SSSR count). The Balaban J connectivity index is 1.39. The lowest BCUT2D eigenvalue weighted by Crippen LogP contribution is -2.32. The molecule has 7 nitrogen and oxygen atoms in total. The number of para-hydroxylation sites is 1. The van der Waals surface area contributed by atoms with Gasteiger partial charge in [0.1, 0.15) is 12.4 Å². The van der Waals surface area contributed by atoms with E-state index in [0.29, 0.717) is 25.3 Å². The Morgan fingerprint density at radius 1 is 0.914 bits per heavy atom. The summed E-state index contributed by atoms with van der Waals surface area (Å²) in [4.78, 5) is 43.1. The zero-order valence-corrected chi connectivity index (χ0v) is 19.2. The predicted molar refractivity (Wildman–Crippen MR) is 132 cm³/mol. The maximum absolute atomic E-state index is 13.2. The van der Waals surface area contributed by atoms with Gasteiger partial charge >= 0.3 is 0 Å². The number of fused-ring (bicyclic) bond motifs is 2. The lowest BCUT2D eigenvalue weighted by atomic mass is 10.0. The third-order valence-electron chi connectivity index (χ3n) is 6.08. The van der Waals surface area contributed by atoms with Crippen molar-refractivity contribution < 1.29 is 19.1 Å². The summed E-state index contributed by atoms with van der Waals surface area (Å²) in [6.45, 7) is 1.20. The van der Waals surface area contributed by atoms with Gasteiger partial charge in [0, 0.05) is 47.4 Å². The number of hydrogen-bond donors (Lipinski definition) is 1. The van der Waals surface area contributed by atoms with Crippen LogP contribution in [0.15, 0.2) is 79.0 Å². The number of ketones is 1.